The number of likely N-dealkylation sites (tertiary alicyclic amines) is 1. The summed E-state index contributed by atoms with van der Waals surface area (Å²) in [6, 6.07) is 12.2. The number of hydrogen-bond acceptors (Lipinski definition) is 6. The van der Waals surface area contributed by atoms with E-state index < -0.39 is 22.0 Å². The number of furan rings is 1. The number of carbonyl (C=O) groups is 3. The molecular formula is C26H27ClN4O6S. The summed E-state index contributed by atoms with van der Waals surface area (Å²) < 4.78 is 33.9. The lowest BCUT2D eigenvalue weighted by molar-refractivity contribution is -0.143. The largest absolute Gasteiger partial charge is 0.459 e. The van der Waals surface area contributed by atoms with Gasteiger partial charge in [0.1, 0.15) is 6.04 Å². The van der Waals surface area contributed by atoms with Gasteiger partial charge in [0.2, 0.25) is 21.8 Å². The molecule has 2 saturated heterocycles. The zero-order valence-corrected chi connectivity index (χ0v) is 22.1. The molecule has 12 heteroatoms. The number of benzene rings is 2. The lowest BCUT2D eigenvalue weighted by Gasteiger charge is -2.37. The Morgan fingerprint density at radius 2 is 1.68 bits per heavy atom. The lowest BCUT2D eigenvalue weighted by Crippen LogP contribution is -2.56. The molecule has 0 aliphatic carbocycles. The highest BCUT2D eigenvalue weighted by Crippen LogP contribution is 2.23. The monoisotopic (exact) mass is 558 g/mol. The zero-order valence-electron chi connectivity index (χ0n) is 20.5. The van der Waals surface area contributed by atoms with E-state index in [-0.39, 0.29) is 29.0 Å². The normalized spacial score (nSPS) is 18.7. The van der Waals surface area contributed by atoms with Crippen LogP contribution in [0.4, 0.5) is 0 Å². The minimum atomic E-state index is -3.97. The Morgan fingerprint density at radius 3 is 2.42 bits per heavy atom. The van der Waals surface area contributed by atoms with E-state index in [0.717, 1.165) is 5.39 Å². The minimum absolute atomic E-state index is 0.0512. The highest BCUT2D eigenvalue weighted by Gasteiger charge is 2.35. The zero-order chi connectivity index (χ0) is 26.9. The van der Waals surface area contributed by atoms with E-state index in [9.17, 15) is 22.8 Å². The van der Waals surface area contributed by atoms with Gasteiger partial charge in [0, 0.05) is 37.7 Å². The van der Waals surface area contributed by atoms with E-state index in [1.165, 1.54) is 17.2 Å². The van der Waals surface area contributed by atoms with Crippen LogP contribution in [0.1, 0.15) is 23.4 Å². The van der Waals surface area contributed by atoms with Gasteiger partial charge in [-0.15, -0.1) is 0 Å². The number of sulfonamides is 1. The van der Waals surface area contributed by atoms with Gasteiger partial charge in [-0.05, 0) is 60.0 Å². The molecule has 2 aromatic carbocycles. The third-order valence-corrected chi connectivity index (χ3v) is 8.59. The van der Waals surface area contributed by atoms with Crippen molar-refractivity contribution < 1.29 is 27.2 Å². The lowest BCUT2D eigenvalue weighted by atomic mass is 10.1. The molecule has 10 nitrogen and oxygen atoms in total. The number of carbonyl (C=O) groups excluding carboxylic acids is 3. The third-order valence-electron chi connectivity index (χ3n) is 6.89. The Kier molecular flexibility index (Phi) is 7.42. The summed E-state index contributed by atoms with van der Waals surface area (Å²) in [5.41, 5.74) is 0. The molecular weight excluding hydrogens is 532 g/mol. The predicted molar refractivity (Wildman–Crippen MR) is 140 cm³/mol. The second-order valence-corrected chi connectivity index (χ2v) is 11.5. The number of piperidine rings is 1. The SMILES string of the molecule is O=C(CN1CCCC(NS(=O)(=O)c2ccc3cc(Cl)ccc3c2)C1=O)N1CCN(C(=O)c2ccco2)CC1. The van der Waals surface area contributed by atoms with Crippen molar-refractivity contribution in [3.05, 3.63) is 65.6 Å². The van der Waals surface area contributed by atoms with Crippen molar-refractivity contribution in [2.75, 3.05) is 39.3 Å². The molecule has 2 aliphatic heterocycles. The van der Waals surface area contributed by atoms with E-state index in [0.29, 0.717) is 56.0 Å². The van der Waals surface area contributed by atoms with Crippen LogP contribution in [0, 0.1) is 0 Å². The maximum atomic E-state index is 13.1. The molecule has 1 N–H and O–H groups in total. The van der Waals surface area contributed by atoms with Gasteiger partial charge < -0.3 is 19.1 Å². The number of piperazine rings is 1. The van der Waals surface area contributed by atoms with Gasteiger partial charge >= 0.3 is 0 Å². The van der Waals surface area contributed by atoms with Gasteiger partial charge in [-0.3, -0.25) is 14.4 Å². The van der Waals surface area contributed by atoms with Gasteiger partial charge in [-0.1, -0.05) is 23.7 Å². The van der Waals surface area contributed by atoms with Crippen LogP contribution < -0.4 is 4.72 Å². The molecule has 200 valence electrons. The average Bonchev–Trinajstić information content (AvgIpc) is 3.45. The number of nitrogens with one attached hydrogen (secondary N) is 1. The fraction of sp³-hybridized carbons (Fsp3) is 0.346. The number of hydrogen-bond donors (Lipinski definition) is 1. The van der Waals surface area contributed by atoms with Gasteiger partial charge in [0.15, 0.2) is 5.76 Å². The van der Waals surface area contributed by atoms with Crippen LogP contribution in [-0.2, 0) is 19.6 Å². The molecule has 3 amide bonds. The molecule has 2 aliphatic rings. The fourth-order valence-electron chi connectivity index (χ4n) is 4.80. The molecule has 1 aromatic heterocycles. The van der Waals surface area contributed by atoms with Crippen LogP contribution in [0.5, 0.6) is 0 Å². The first-order valence-electron chi connectivity index (χ1n) is 12.3. The summed E-state index contributed by atoms with van der Waals surface area (Å²) >= 11 is 6.01. The second kappa shape index (κ2) is 10.8. The Labute approximate surface area is 225 Å². The van der Waals surface area contributed by atoms with E-state index in [4.69, 9.17) is 16.0 Å². The van der Waals surface area contributed by atoms with Crippen LogP contribution in [0.3, 0.4) is 0 Å². The van der Waals surface area contributed by atoms with Gasteiger partial charge in [0.25, 0.3) is 5.91 Å². The second-order valence-electron chi connectivity index (χ2n) is 9.38. The third kappa shape index (κ3) is 5.54. The van der Waals surface area contributed by atoms with Crippen molar-refractivity contribution in [1.82, 2.24) is 19.4 Å². The molecule has 1 atom stereocenters. The quantitative estimate of drug-likeness (QED) is 0.496. The standard InChI is InChI=1S/C26H27ClN4O6S/c27-20-7-5-19-16-21(8-6-18(19)15-20)38(35,36)28-22-3-1-9-31(25(22)33)17-24(32)29-10-12-30(13-11-29)26(34)23-4-2-14-37-23/h2,4-8,14-16,22,28H,1,3,9-13,17H2. The number of halogens is 1. The molecule has 0 bridgehead atoms. The first-order valence-corrected chi connectivity index (χ1v) is 14.2. The van der Waals surface area contributed by atoms with Gasteiger partial charge in [-0.2, -0.15) is 4.72 Å². The van der Waals surface area contributed by atoms with E-state index in [1.807, 2.05) is 0 Å². The smallest absolute Gasteiger partial charge is 0.289 e. The van der Waals surface area contributed by atoms with Crippen LogP contribution >= 0.6 is 11.6 Å². The number of amides is 3. The summed E-state index contributed by atoms with van der Waals surface area (Å²) in [6.45, 7) is 1.64. The van der Waals surface area contributed by atoms with E-state index >= 15 is 0 Å². The minimum Gasteiger partial charge on any atom is -0.459 e. The summed E-state index contributed by atoms with van der Waals surface area (Å²) in [6.07, 6.45) is 2.35. The average molecular weight is 559 g/mol. The predicted octanol–water partition coefficient (Wildman–Crippen LogP) is 2.34. The van der Waals surface area contributed by atoms with Gasteiger partial charge in [-0.25, -0.2) is 8.42 Å². The summed E-state index contributed by atoms with van der Waals surface area (Å²) in [4.78, 5) is 43.2. The van der Waals surface area contributed by atoms with Crippen molar-refractivity contribution >= 4 is 50.1 Å². The molecule has 3 heterocycles. The molecule has 38 heavy (non-hydrogen) atoms. The van der Waals surface area contributed by atoms with Crippen molar-refractivity contribution in [2.45, 2.75) is 23.8 Å². The van der Waals surface area contributed by atoms with Crippen molar-refractivity contribution in [3.8, 4) is 0 Å². The first-order chi connectivity index (χ1) is 18.2. The Balaban J connectivity index is 1.18. The molecule has 0 spiro atoms. The van der Waals surface area contributed by atoms with Crippen LogP contribution in [-0.4, -0.2) is 86.1 Å². The van der Waals surface area contributed by atoms with E-state index in [2.05, 4.69) is 4.72 Å². The molecule has 0 radical (unpaired) electrons. The number of fused-ring (bicyclic) bond motifs is 1. The van der Waals surface area contributed by atoms with Crippen LogP contribution in [0.25, 0.3) is 10.8 Å². The Hall–Kier alpha value is -3.41. The number of rotatable bonds is 6. The van der Waals surface area contributed by atoms with Gasteiger partial charge in [0.05, 0.1) is 17.7 Å². The summed E-state index contributed by atoms with van der Waals surface area (Å²) in [7, 11) is -3.97. The topological polar surface area (TPSA) is 120 Å². The van der Waals surface area contributed by atoms with Crippen LogP contribution in [0.15, 0.2) is 64.1 Å². The van der Waals surface area contributed by atoms with Crippen molar-refractivity contribution in [1.29, 1.82) is 0 Å². The maximum absolute atomic E-state index is 13.1. The summed E-state index contributed by atoms with van der Waals surface area (Å²) in [5, 5.41) is 2.07. The maximum Gasteiger partial charge on any atom is 0.289 e. The first kappa shape index (κ1) is 26.2. The van der Waals surface area contributed by atoms with Crippen molar-refractivity contribution in [3.63, 3.8) is 0 Å². The molecule has 1 unspecified atom stereocenters. The summed E-state index contributed by atoms with van der Waals surface area (Å²) in [5.74, 6) is -0.628. The molecule has 3 aromatic rings. The molecule has 0 saturated carbocycles. The Morgan fingerprint density at radius 1 is 0.974 bits per heavy atom. The van der Waals surface area contributed by atoms with Crippen LogP contribution in [0.2, 0.25) is 5.02 Å². The molecule has 2 fully saturated rings. The highest BCUT2D eigenvalue weighted by atomic mass is 35.5. The van der Waals surface area contributed by atoms with Crippen molar-refractivity contribution in [2.24, 2.45) is 0 Å². The highest BCUT2D eigenvalue weighted by molar-refractivity contribution is 7.89. The number of nitrogens with zero attached hydrogens (tertiary/aromatic N) is 3. The Bertz CT molecular complexity index is 1470. The van der Waals surface area contributed by atoms with E-state index in [1.54, 1.807) is 52.3 Å². The fourth-order valence-corrected chi connectivity index (χ4v) is 6.24. The molecule has 5 rings (SSSR count).